The molecule has 0 aliphatic rings. The fourth-order valence-corrected chi connectivity index (χ4v) is 4.98. The standard InChI is InChI=1S/C33H24/c1-23-29-14-8-9-15-31(29)33(27-18-16-26(17-19-27)24-10-4-2-5-11-24)32-22-28(20-21-30(23)32)25-12-6-3-7-13-25/h2-22H,1H3. The minimum atomic E-state index is 1.24. The van der Waals surface area contributed by atoms with Gasteiger partial charge in [-0.2, -0.15) is 0 Å². The molecule has 0 fully saturated rings. The Morgan fingerprint density at radius 3 is 1.45 bits per heavy atom. The summed E-state index contributed by atoms with van der Waals surface area (Å²) in [6, 6.07) is 46.0. The van der Waals surface area contributed by atoms with Crippen LogP contribution in [-0.4, -0.2) is 0 Å². The molecule has 6 rings (SSSR count). The van der Waals surface area contributed by atoms with Crippen molar-refractivity contribution in [3.8, 4) is 33.4 Å². The first-order valence-corrected chi connectivity index (χ1v) is 11.5. The van der Waals surface area contributed by atoms with Crippen molar-refractivity contribution >= 4 is 21.5 Å². The molecule has 0 bridgehead atoms. The number of hydrogen-bond donors (Lipinski definition) is 0. The fourth-order valence-electron chi connectivity index (χ4n) is 4.98. The second kappa shape index (κ2) is 8.07. The second-order valence-electron chi connectivity index (χ2n) is 8.62. The molecule has 0 N–H and O–H groups in total. The monoisotopic (exact) mass is 420 g/mol. The van der Waals surface area contributed by atoms with E-state index in [2.05, 4.69) is 134 Å². The average Bonchev–Trinajstić information content (AvgIpc) is 2.90. The topological polar surface area (TPSA) is 0 Å². The molecule has 0 spiro atoms. The molecule has 33 heavy (non-hydrogen) atoms. The van der Waals surface area contributed by atoms with Crippen LogP contribution in [-0.2, 0) is 0 Å². The fraction of sp³-hybridized carbons (Fsp3) is 0.0303. The second-order valence-corrected chi connectivity index (χ2v) is 8.62. The summed E-state index contributed by atoms with van der Waals surface area (Å²) in [6.45, 7) is 2.25. The highest BCUT2D eigenvalue weighted by Gasteiger charge is 2.14. The summed E-state index contributed by atoms with van der Waals surface area (Å²) in [4.78, 5) is 0. The molecule has 0 saturated carbocycles. The van der Waals surface area contributed by atoms with E-state index in [4.69, 9.17) is 0 Å². The minimum absolute atomic E-state index is 1.24. The van der Waals surface area contributed by atoms with Crippen LogP contribution in [0.1, 0.15) is 5.56 Å². The Kier molecular flexibility index (Phi) is 4.78. The van der Waals surface area contributed by atoms with E-state index in [-0.39, 0.29) is 0 Å². The largest absolute Gasteiger partial charge is 0.0622 e. The lowest BCUT2D eigenvalue weighted by atomic mass is 9.87. The number of benzene rings is 6. The van der Waals surface area contributed by atoms with Gasteiger partial charge in [0.15, 0.2) is 0 Å². The molecule has 0 aromatic heterocycles. The third kappa shape index (κ3) is 3.41. The predicted molar refractivity (Wildman–Crippen MR) is 142 cm³/mol. The van der Waals surface area contributed by atoms with Gasteiger partial charge in [-0.15, -0.1) is 0 Å². The molecule has 0 amide bonds. The van der Waals surface area contributed by atoms with Crippen molar-refractivity contribution < 1.29 is 0 Å². The minimum Gasteiger partial charge on any atom is -0.0622 e. The number of hydrogen-bond acceptors (Lipinski definition) is 0. The molecule has 6 aromatic carbocycles. The molecule has 156 valence electrons. The third-order valence-electron chi connectivity index (χ3n) is 6.68. The highest BCUT2D eigenvalue weighted by Crippen LogP contribution is 2.41. The molecule has 0 aliphatic heterocycles. The Balaban J connectivity index is 1.62. The van der Waals surface area contributed by atoms with Crippen molar-refractivity contribution in [3.05, 3.63) is 133 Å². The molecule has 0 heteroatoms. The van der Waals surface area contributed by atoms with E-state index in [9.17, 15) is 0 Å². The lowest BCUT2D eigenvalue weighted by Gasteiger charge is -2.17. The SMILES string of the molecule is Cc1c2ccccc2c(-c2ccc(-c3ccccc3)cc2)c2cc(-c3ccccc3)ccc12. The van der Waals surface area contributed by atoms with Crippen LogP contribution < -0.4 is 0 Å². The van der Waals surface area contributed by atoms with E-state index in [1.807, 2.05) is 0 Å². The predicted octanol–water partition coefficient (Wildman–Crippen LogP) is 9.30. The number of aryl methyl sites for hydroxylation is 1. The maximum atomic E-state index is 2.37. The van der Waals surface area contributed by atoms with Crippen molar-refractivity contribution in [3.63, 3.8) is 0 Å². The van der Waals surface area contributed by atoms with Gasteiger partial charge < -0.3 is 0 Å². The molecule has 0 aliphatic carbocycles. The van der Waals surface area contributed by atoms with E-state index >= 15 is 0 Å². The van der Waals surface area contributed by atoms with Gasteiger partial charge in [0.25, 0.3) is 0 Å². The van der Waals surface area contributed by atoms with Crippen molar-refractivity contribution in [1.82, 2.24) is 0 Å². The molecule has 0 radical (unpaired) electrons. The Hall–Kier alpha value is -4.16. The van der Waals surface area contributed by atoms with Gasteiger partial charge in [0.1, 0.15) is 0 Å². The van der Waals surface area contributed by atoms with Crippen LogP contribution in [0.4, 0.5) is 0 Å². The molecular formula is C33H24. The molecule has 0 atom stereocenters. The summed E-state index contributed by atoms with van der Waals surface area (Å²) in [7, 11) is 0. The number of rotatable bonds is 3. The molecular weight excluding hydrogens is 396 g/mol. The van der Waals surface area contributed by atoms with Crippen molar-refractivity contribution in [1.29, 1.82) is 0 Å². The van der Waals surface area contributed by atoms with Crippen molar-refractivity contribution in [2.45, 2.75) is 6.92 Å². The van der Waals surface area contributed by atoms with Gasteiger partial charge >= 0.3 is 0 Å². The van der Waals surface area contributed by atoms with Crippen molar-refractivity contribution in [2.24, 2.45) is 0 Å². The molecule has 6 aromatic rings. The summed E-state index contributed by atoms with van der Waals surface area (Å²) in [5.74, 6) is 0. The highest BCUT2D eigenvalue weighted by atomic mass is 14.2. The van der Waals surface area contributed by atoms with Crippen molar-refractivity contribution in [2.75, 3.05) is 0 Å². The van der Waals surface area contributed by atoms with Gasteiger partial charge in [-0.25, -0.2) is 0 Å². The maximum absolute atomic E-state index is 2.37. The Morgan fingerprint density at radius 2 is 0.788 bits per heavy atom. The summed E-state index contributed by atoms with van der Waals surface area (Å²) >= 11 is 0. The Bertz CT molecular complexity index is 1580. The highest BCUT2D eigenvalue weighted by molar-refractivity contribution is 6.15. The quantitative estimate of drug-likeness (QED) is 0.250. The van der Waals surface area contributed by atoms with E-state index in [1.165, 1.54) is 60.5 Å². The van der Waals surface area contributed by atoms with Crippen LogP contribution in [0.15, 0.2) is 127 Å². The number of fused-ring (bicyclic) bond motifs is 2. The summed E-state index contributed by atoms with van der Waals surface area (Å²) in [5, 5.41) is 5.25. The van der Waals surface area contributed by atoms with E-state index in [0.717, 1.165) is 0 Å². The van der Waals surface area contributed by atoms with Gasteiger partial charge in [0.05, 0.1) is 0 Å². The molecule has 0 saturated heterocycles. The Morgan fingerprint density at radius 1 is 0.333 bits per heavy atom. The van der Waals surface area contributed by atoms with E-state index in [1.54, 1.807) is 0 Å². The zero-order valence-electron chi connectivity index (χ0n) is 18.6. The van der Waals surface area contributed by atoms with Crippen LogP contribution in [0.5, 0.6) is 0 Å². The van der Waals surface area contributed by atoms with Gasteiger partial charge in [0.2, 0.25) is 0 Å². The van der Waals surface area contributed by atoms with Crippen LogP contribution in [0, 0.1) is 6.92 Å². The van der Waals surface area contributed by atoms with E-state index in [0.29, 0.717) is 0 Å². The van der Waals surface area contributed by atoms with Crippen LogP contribution in [0.25, 0.3) is 54.9 Å². The van der Waals surface area contributed by atoms with Crippen LogP contribution in [0.3, 0.4) is 0 Å². The van der Waals surface area contributed by atoms with Gasteiger partial charge in [-0.05, 0) is 73.5 Å². The lowest BCUT2D eigenvalue weighted by Crippen LogP contribution is -1.91. The lowest BCUT2D eigenvalue weighted by molar-refractivity contribution is 1.56. The first-order chi connectivity index (χ1) is 16.3. The smallest absolute Gasteiger partial charge is 0.00264 e. The normalized spacial score (nSPS) is 11.2. The Labute approximate surface area is 194 Å². The zero-order valence-corrected chi connectivity index (χ0v) is 18.6. The maximum Gasteiger partial charge on any atom is -0.00264 e. The first-order valence-electron chi connectivity index (χ1n) is 11.5. The van der Waals surface area contributed by atoms with Crippen LogP contribution >= 0.6 is 0 Å². The molecule has 0 heterocycles. The van der Waals surface area contributed by atoms with Crippen LogP contribution in [0.2, 0.25) is 0 Å². The summed E-state index contributed by atoms with van der Waals surface area (Å²) < 4.78 is 0. The van der Waals surface area contributed by atoms with Gasteiger partial charge in [0, 0.05) is 0 Å². The summed E-state index contributed by atoms with van der Waals surface area (Å²) in [6.07, 6.45) is 0. The molecule has 0 unspecified atom stereocenters. The zero-order chi connectivity index (χ0) is 22.2. The first kappa shape index (κ1) is 19.5. The summed E-state index contributed by atoms with van der Waals surface area (Å²) in [5.41, 5.74) is 8.88. The van der Waals surface area contributed by atoms with Gasteiger partial charge in [-0.1, -0.05) is 121 Å². The third-order valence-corrected chi connectivity index (χ3v) is 6.68. The van der Waals surface area contributed by atoms with E-state index < -0.39 is 0 Å². The molecule has 0 nitrogen and oxygen atoms in total. The van der Waals surface area contributed by atoms with Gasteiger partial charge in [-0.3, -0.25) is 0 Å². The average molecular weight is 421 g/mol.